The first-order valence-electron chi connectivity index (χ1n) is 7.60. The second kappa shape index (κ2) is 13.3. The van der Waals surface area contributed by atoms with Crippen molar-refractivity contribution in [3.05, 3.63) is 81.9 Å². The zero-order valence-corrected chi connectivity index (χ0v) is 14.4. The minimum absolute atomic E-state index is 0. The molecule has 6 heteroatoms. The number of H-pyrrole nitrogens is 1. The number of nitrogens with one attached hydrogen (secondary N) is 2. The first-order valence-corrected chi connectivity index (χ1v) is 7.60. The number of carbonyl (C=O) groups is 1. The molecule has 2 fully saturated rings. The largest absolute Gasteiger partial charge is 2.00 e. The smallest absolute Gasteiger partial charge is 0.450 e. The Balaban J connectivity index is 0.000000412. The fourth-order valence-electron chi connectivity index (χ4n) is 1.93. The summed E-state index contributed by atoms with van der Waals surface area (Å²) >= 11 is 0. The molecule has 5 nitrogen and oxygen atoms in total. The maximum atomic E-state index is 11.3. The van der Waals surface area contributed by atoms with Gasteiger partial charge in [0.15, 0.2) is 0 Å². The average Bonchev–Trinajstić information content (AvgIpc) is 3.34. The Labute approximate surface area is 156 Å². The minimum atomic E-state index is -0.374. The second-order valence-corrected chi connectivity index (χ2v) is 4.93. The van der Waals surface area contributed by atoms with Crippen molar-refractivity contribution in [1.29, 1.82) is 0 Å². The van der Waals surface area contributed by atoms with Gasteiger partial charge in [0.05, 0.1) is 12.9 Å². The number of nitrogens with zero attached hydrogens (tertiary/aromatic N) is 1. The van der Waals surface area contributed by atoms with Crippen LogP contribution in [0.1, 0.15) is 12.1 Å². The standard InChI is InChI=1S/C13H16N3O2.C5H5.Fe/c17-13(15-8-11-4-1-2-5-11)18-7-3-6-12-9-14-10-16-12;1-2-4-5-3-1;/h1-2,4-5,9-10H,3,6-8H2,(H,14,16)(H,15,17);1-5H;/q;;+2. The van der Waals surface area contributed by atoms with Crippen LogP contribution in [-0.2, 0) is 28.2 Å². The molecule has 3 rings (SSSR count). The zero-order valence-electron chi connectivity index (χ0n) is 13.3. The molecule has 1 aromatic heterocycles. The van der Waals surface area contributed by atoms with Crippen molar-refractivity contribution < 1.29 is 26.6 Å². The van der Waals surface area contributed by atoms with Crippen molar-refractivity contribution in [3.8, 4) is 0 Å². The van der Waals surface area contributed by atoms with E-state index in [9.17, 15) is 4.79 Å². The third-order valence-corrected chi connectivity index (χ3v) is 3.10. The fraction of sp³-hybridized carbons (Fsp3) is 0.222. The van der Waals surface area contributed by atoms with Crippen molar-refractivity contribution in [2.75, 3.05) is 13.2 Å². The van der Waals surface area contributed by atoms with E-state index in [4.69, 9.17) is 4.74 Å². The van der Waals surface area contributed by atoms with E-state index >= 15 is 0 Å². The summed E-state index contributed by atoms with van der Waals surface area (Å²) in [7, 11) is 0. The molecule has 2 saturated carbocycles. The summed E-state index contributed by atoms with van der Waals surface area (Å²) < 4.78 is 5.05. The summed E-state index contributed by atoms with van der Waals surface area (Å²) in [6.07, 6.45) is 22.4. The topological polar surface area (TPSA) is 67.0 Å². The van der Waals surface area contributed by atoms with Gasteiger partial charge in [0.1, 0.15) is 0 Å². The molecule has 0 unspecified atom stereocenters. The molecule has 0 spiro atoms. The molecule has 126 valence electrons. The number of aryl methyl sites for hydroxylation is 1. The van der Waals surface area contributed by atoms with Gasteiger partial charge in [-0.15, -0.1) is 0 Å². The first kappa shape index (κ1) is 21.0. The number of aromatic amines is 1. The molecule has 0 saturated heterocycles. The summed E-state index contributed by atoms with van der Waals surface area (Å²) in [4.78, 5) is 18.3. The number of imidazole rings is 1. The molecule has 1 heterocycles. The van der Waals surface area contributed by atoms with Crippen LogP contribution < -0.4 is 5.32 Å². The van der Waals surface area contributed by atoms with Crippen LogP contribution in [-0.4, -0.2) is 29.2 Å². The van der Waals surface area contributed by atoms with Gasteiger partial charge < -0.3 is 15.0 Å². The Morgan fingerprint density at radius 2 is 1.75 bits per heavy atom. The predicted molar refractivity (Wildman–Crippen MR) is 88.2 cm³/mol. The van der Waals surface area contributed by atoms with Crippen LogP contribution in [0, 0.1) is 63.7 Å². The summed E-state index contributed by atoms with van der Waals surface area (Å²) in [6, 6.07) is 0. The van der Waals surface area contributed by atoms with E-state index < -0.39 is 0 Å². The molecule has 0 bridgehead atoms. The van der Waals surface area contributed by atoms with Crippen molar-refractivity contribution in [2.45, 2.75) is 12.8 Å². The Morgan fingerprint density at radius 3 is 2.33 bits per heavy atom. The van der Waals surface area contributed by atoms with Crippen LogP contribution in [0.5, 0.6) is 0 Å². The van der Waals surface area contributed by atoms with Gasteiger partial charge in [0, 0.05) is 24.4 Å². The minimum Gasteiger partial charge on any atom is -0.450 e. The monoisotopic (exact) mass is 367 g/mol. The number of carbonyl (C=O) groups excluding carboxylic acids is 1. The number of aromatic nitrogens is 2. The average molecular weight is 367 g/mol. The van der Waals surface area contributed by atoms with Crippen molar-refractivity contribution in [2.24, 2.45) is 0 Å². The molecule has 24 heavy (non-hydrogen) atoms. The van der Waals surface area contributed by atoms with Crippen molar-refractivity contribution in [1.82, 2.24) is 15.3 Å². The van der Waals surface area contributed by atoms with E-state index in [-0.39, 0.29) is 23.2 Å². The third-order valence-electron chi connectivity index (χ3n) is 3.10. The number of ether oxygens (including phenoxy) is 1. The Hall–Kier alpha value is -1.00. The fourth-order valence-corrected chi connectivity index (χ4v) is 1.93. The van der Waals surface area contributed by atoms with Gasteiger partial charge >= 0.3 is 23.2 Å². The molecule has 10 radical (unpaired) electrons. The van der Waals surface area contributed by atoms with Crippen LogP contribution >= 0.6 is 0 Å². The Kier molecular flexibility index (Phi) is 11.7. The van der Waals surface area contributed by atoms with Gasteiger partial charge in [0.2, 0.25) is 0 Å². The summed E-state index contributed by atoms with van der Waals surface area (Å²) in [5.74, 6) is 1.07. The van der Waals surface area contributed by atoms with Crippen LogP contribution in [0.15, 0.2) is 12.5 Å². The summed E-state index contributed by atoms with van der Waals surface area (Å²) in [6.45, 7) is 0.915. The maximum absolute atomic E-state index is 11.3. The van der Waals surface area contributed by atoms with E-state index in [1.54, 1.807) is 12.5 Å². The van der Waals surface area contributed by atoms with Crippen molar-refractivity contribution >= 4 is 6.09 Å². The number of hydrogen-bond acceptors (Lipinski definition) is 3. The maximum Gasteiger partial charge on any atom is 2.00 e. The summed E-state index contributed by atoms with van der Waals surface area (Å²) in [5.41, 5.74) is 1.05. The number of rotatable bonds is 6. The SMILES string of the molecule is O=C(NC[C]1[CH][CH][CH][CH]1)OCCCc1cnc[nH]1.[CH]1[CH][CH][CH][CH]1.[Fe+2]. The van der Waals surface area contributed by atoms with Gasteiger partial charge in [-0.05, 0) is 70.6 Å². The number of alkyl carbamates (subject to hydrolysis) is 1. The van der Waals surface area contributed by atoms with Crippen LogP contribution in [0.2, 0.25) is 0 Å². The van der Waals surface area contributed by atoms with Crippen LogP contribution in [0.4, 0.5) is 4.79 Å². The number of amides is 1. The molecule has 0 aliphatic heterocycles. The van der Waals surface area contributed by atoms with E-state index in [0.717, 1.165) is 24.5 Å². The molecule has 1 aromatic rings. The zero-order chi connectivity index (χ0) is 16.2. The van der Waals surface area contributed by atoms with Crippen LogP contribution in [0.3, 0.4) is 0 Å². The first-order chi connectivity index (χ1) is 11.3. The van der Waals surface area contributed by atoms with Gasteiger partial charge in [-0.3, -0.25) is 0 Å². The van der Waals surface area contributed by atoms with E-state index in [1.807, 2.05) is 57.8 Å². The third kappa shape index (κ3) is 9.33. The van der Waals surface area contributed by atoms with Gasteiger partial charge in [-0.2, -0.15) is 0 Å². The Bertz CT molecular complexity index is 408. The Morgan fingerprint density at radius 1 is 1.08 bits per heavy atom. The van der Waals surface area contributed by atoms with Gasteiger partial charge in [0.25, 0.3) is 0 Å². The molecule has 2 aliphatic carbocycles. The van der Waals surface area contributed by atoms with Crippen LogP contribution in [0.25, 0.3) is 0 Å². The normalized spacial score (nSPS) is 16.8. The van der Waals surface area contributed by atoms with Gasteiger partial charge in [-0.25, -0.2) is 9.78 Å². The number of hydrogen-bond donors (Lipinski definition) is 2. The molecule has 0 atom stereocenters. The van der Waals surface area contributed by atoms with E-state index in [0.29, 0.717) is 13.2 Å². The molecular weight excluding hydrogens is 346 g/mol. The molecule has 2 N–H and O–H groups in total. The molecular formula is C18H21FeN3O2+2. The molecule has 1 amide bonds. The molecule has 2 aliphatic rings. The predicted octanol–water partition coefficient (Wildman–Crippen LogP) is 2.49. The van der Waals surface area contributed by atoms with Gasteiger partial charge in [-0.1, -0.05) is 0 Å². The van der Waals surface area contributed by atoms with E-state index in [2.05, 4.69) is 15.3 Å². The molecule has 0 aromatic carbocycles. The quantitative estimate of drug-likeness (QED) is 0.600. The summed E-state index contributed by atoms with van der Waals surface area (Å²) in [5, 5.41) is 2.70. The second-order valence-electron chi connectivity index (χ2n) is 4.93. The van der Waals surface area contributed by atoms with Crippen molar-refractivity contribution in [3.63, 3.8) is 0 Å². The van der Waals surface area contributed by atoms with E-state index in [1.165, 1.54) is 0 Å².